The summed E-state index contributed by atoms with van der Waals surface area (Å²) in [6.45, 7) is 5.40. The molecule has 1 saturated carbocycles. The predicted octanol–water partition coefficient (Wildman–Crippen LogP) is 0.779. The average Bonchev–Trinajstić information content (AvgIpc) is 2.98. The Morgan fingerprint density at radius 1 is 1.60 bits per heavy atom. The van der Waals surface area contributed by atoms with Crippen LogP contribution in [0.4, 0.5) is 0 Å². The lowest BCUT2D eigenvalue weighted by molar-refractivity contribution is -0.140. The summed E-state index contributed by atoms with van der Waals surface area (Å²) >= 11 is 0. The van der Waals surface area contributed by atoms with E-state index in [9.17, 15) is 4.79 Å². The van der Waals surface area contributed by atoms with Crippen molar-refractivity contribution in [3.8, 4) is 0 Å². The Morgan fingerprint density at radius 2 is 2.20 bits per heavy atom. The highest BCUT2D eigenvalue weighted by Gasteiger charge is 2.31. The second-order valence-electron chi connectivity index (χ2n) is 4.47. The van der Waals surface area contributed by atoms with Crippen LogP contribution < -0.4 is 5.32 Å². The highest BCUT2D eigenvalue weighted by Crippen LogP contribution is 2.34. The molecule has 0 aliphatic heterocycles. The zero-order valence-electron chi connectivity index (χ0n) is 9.86. The number of aliphatic carboxylic acids is 1. The van der Waals surface area contributed by atoms with Crippen LogP contribution in [-0.2, 0) is 4.79 Å². The van der Waals surface area contributed by atoms with Gasteiger partial charge in [0.05, 0.1) is 0 Å². The van der Waals surface area contributed by atoms with E-state index in [4.69, 9.17) is 5.11 Å². The fraction of sp³-hybridized carbons (Fsp3) is 0.909. The smallest absolute Gasteiger partial charge is 0.322 e. The van der Waals surface area contributed by atoms with Crippen LogP contribution in [0.2, 0.25) is 0 Å². The van der Waals surface area contributed by atoms with Gasteiger partial charge in [-0.1, -0.05) is 6.92 Å². The molecule has 4 heteroatoms. The molecule has 0 radical (unpaired) electrons. The topological polar surface area (TPSA) is 52.6 Å². The van der Waals surface area contributed by atoms with E-state index in [2.05, 4.69) is 17.1 Å². The molecule has 2 N–H and O–H groups in total. The lowest BCUT2D eigenvalue weighted by Crippen LogP contribution is -2.47. The number of carboxylic acid groups (broad SMARTS) is 1. The van der Waals surface area contributed by atoms with Crippen LogP contribution in [0.5, 0.6) is 0 Å². The highest BCUT2D eigenvalue weighted by atomic mass is 16.4. The zero-order chi connectivity index (χ0) is 11.4. The van der Waals surface area contributed by atoms with Crippen molar-refractivity contribution in [3.63, 3.8) is 0 Å². The van der Waals surface area contributed by atoms with E-state index < -0.39 is 12.0 Å². The minimum atomic E-state index is -0.758. The van der Waals surface area contributed by atoms with Gasteiger partial charge < -0.3 is 15.3 Å². The first-order valence-corrected chi connectivity index (χ1v) is 5.72. The molecule has 4 nitrogen and oxygen atoms in total. The minimum absolute atomic E-state index is 0.443. The molecule has 0 aromatic rings. The first-order valence-electron chi connectivity index (χ1n) is 5.72. The maximum Gasteiger partial charge on any atom is 0.322 e. The van der Waals surface area contributed by atoms with Crippen molar-refractivity contribution < 1.29 is 9.90 Å². The maximum absolute atomic E-state index is 10.9. The van der Waals surface area contributed by atoms with E-state index in [0.717, 1.165) is 5.92 Å². The number of hydrogen-bond donors (Lipinski definition) is 2. The number of rotatable bonds is 7. The van der Waals surface area contributed by atoms with Crippen LogP contribution in [-0.4, -0.2) is 48.2 Å². The van der Waals surface area contributed by atoms with E-state index in [1.54, 1.807) is 0 Å². The molecular weight excluding hydrogens is 192 g/mol. The van der Waals surface area contributed by atoms with Gasteiger partial charge in [0, 0.05) is 12.6 Å². The predicted molar refractivity (Wildman–Crippen MR) is 59.9 cm³/mol. The van der Waals surface area contributed by atoms with Gasteiger partial charge in [0.15, 0.2) is 0 Å². The van der Waals surface area contributed by atoms with E-state index in [-0.39, 0.29) is 0 Å². The number of carbonyl (C=O) groups is 1. The van der Waals surface area contributed by atoms with Crippen LogP contribution in [0.3, 0.4) is 0 Å². The van der Waals surface area contributed by atoms with E-state index in [0.29, 0.717) is 19.1 Å². The zero-order valence-corrected chi connectivity index (χ0v) is 9.86. The van der Waals surface area contributed by atoms with Gasteiger partial charge in [-0.15, -0.1) is 0 Å². The van der Waals surface area contributed by atoms with Crippen LogP contribution in [0.1, 0.15) is 26.7 Å². The van der Waals surface area contributed by atoms with Crippen LogP contribution in [0.15, 0.2) is 0 Å². The van der Waals surface area contributed by atoms with Crippen LogP contribution in [0.25, 0.3) is 0 Å². The molecule has 0 saturated heterocycles. The third-order valence-electron chi connectivity index (χ3n) is 3.22. The molecule has 0 aromatic carbocycles. The number of hydrogen-bond acceptors (Lipinski definition) is 3. The fourth-order valence-corrected chi connectivity index (χ4v) is 1.87. The highest BCUT2D eigenvalue weighted by molar-refractivity contribution is 5.73. The molecule has 15 heavy (non-hydrogen) atoms. The third kappa shape index (κ3) is 3.80. The number of nitrogens with one attached hydrogen (secondary N) is 1. The Balaban J connectivity index is 2.38. The summed E-state index contributed by atoms with van der Waals surface area (Å²) < 4.78 is 0. The van der Waals surface area contributed by atoms with Crippen molar-refractivity contribution in [2.24, 2.45) is 5.92 Å². The van der Waals surface area contributed by atoms with E-state index in [1.807, 2.05) is 14.0 Å². The van der Waals surface area contributed by atoms with Gasteiger partial charge >= 0.3 is 5.97 Å². The Bertz CT molecular complexity index is 217. The number of nitrogens with zero attached hydrogens (tertiary/aromatic N) is 1. The van der Waals surface area contributed by atoms with Crippen molar-refractivity contribution >= 4 is 5.97 Å². The molecule has 1 aliphatic carbocycles. The van der Waals surface area contributed by atoms with Crippen molar-refractivity contribution in [1.82, 2.24) is 10.2 Å². The van der Waals surface area contributed by atoms with Crippen molar-refractivity contribution in [3.05, 3.63) is 0 Å². The summed E-state index contributed by atoms with van der Waals surface area (Å²) in [5, 5.41) is 12.0. The normalized spacial score (nSPS) is 20.3. The summed E-state index contributed by atoms with van der Waals surface area (Å²) in [7, 11) is 2.01. The quantitative estimate of drug-likeness (QED) is 0.657. The van der Waals surface area contributed by atoms with Gasteiger partial charge in [0.25, 0.3) is 0 Å². The SMILES string of the molecule is CCNC(CN(C)C(C)C1CC1)C(=O)O. The lowest BCUT2D eigenvalue weighted by atomic mass is 10.1. The van der Waals surface area contributed by atoms with Gasteiger partial charge in [-0.2, -0.15) is 0 Å². The lowest BCUT2D eigenvalue weighted by Gasteiger charge is -2.27. The van der Waals surface area contributed by atoms with Crippen LogP contribution >= 0.6 is 0 Å². The summed E-state index contributed by atoms with van der Waals surface area (Å²) in [4.78, 5) is 13.1. The molecule has 2 atom stereocenters. The molecule has 0 spiro atoms. The summed E-state index contributed by atoms with van der Waals surface area (Å²) in [6.07, 6.45) is 2.59. The third-order valence-corrected chi connectivity index (χ3v) is 3.22. The Hall–Kier alpha value is -0.610. The largest absolute Gasteiger partial charge is 0.480 e. The van der Waals surface area contributed by atoms with Crippen molar-refractivity contribution in [1.29, 1.82) is 0 Å². The molecule has 0 amide bonds. The van der Waals surface area contributed by atoms with Crippen molar-refractivity contribution in [2.75, 3.05) is 20.1 Å². The van der Waals surface area contributed by atoms with Gasteiger partial charge in [-0.05, 0) is 39.3 Å². The number of carboxylic acids is 1. The van der Waals surface area contributed by atoms with Crippen LogP contribution in [0, 0.1) is 5.92 Å². The molecule has 2 unspecified atom stereocenters. The standard InChI is InChI=1S/C11H22N2O2/c1-4-12-10(11(14)15)7-13(3)8(2)9-5-6-9/h8-10,12H,4-7H2,1-3H3,(H,14,15). The van der Waals surface area contributed by atoms with Gasteiger partial charge in [-0.3, -0.25) is 4.79 Å². The first-order chi connectivity index (χ1) is 7.06. The average molecular weight is 214 g/mol. The fourth-order valence-electron chi connectivity index (χ4n) is 1.87. The van der Waals surface area contributed by atoms with Gasteiger partial charge in [0.1, 0.15) is 6.04 Å². The summed E-state index contributed by atoms with van der Waals surface area (Å²) in [5.74, 6) is 0.0257. The molecule has 1 rings (SSSR count). The molecule has 1 fully saturated rings. The Kier molecular flexibility index (Phi) is 4.54. The first kappa shape index (κ1) is 12.5. The van der Waals surface area contributed by atoms with E-state index >= 15 is 0 Å². The minimum Gasteiger partial charge on any atom is -0.480 e. The number of likely N-dealkylation sites (N-methyl/N-ethyl adjacent to an activating group) is 2. The van der Waals surface area contributed by atoms with Crippen molar-refractivity contribution in [2.45, 2.75) is 38.8 Å². The second kappa shape index (κ2) is 5.47. The van der Waals surface area contributed by atoms with Gasteiger partial charge in [-0.25, -0.2) is 0 Å². The molecule has 0 bridgehead atoms. The van der Waals surface area contributed by atoms with Gasteiger partial charge in [0.2, 0.25) is 0 Å². The Morgan fingerprint density at radius 3 is 2.60 bits per heavy atom. The monoisotopic (exact) mass is 214 g/mol. The molecule has 1 aliphatic rings. The summed E-state index contributed by atoms with van der Waals surface area (Å²) in [6, 6.07) is 0.0618. The molecule has 0 aromatic heterocycles. The molecule has 0 heterocycles. The summed E-state index contributed by atoms with van der Waals surface area (Å²) in [5.41, 5.74) is 0. The van der Waals surface area contributed by atoms with E-state index in [1.165, 1.54) is 12.8 Å². The molecular formula is C11H22N2O2. The second-order valence-corrected chi connectivity index (χ2v) is 4.47. The Labute approximate surface area is 91.6 Å². The maximum atomic E-state index is 10.9. The molecule has 88 valence electrons.